The third-order valence-electron chi connectivity index (χ3n) is 7.41. The lowest BCUT2D eigenvalue weighted by molar-refractivity contribution is -0.665. The Bertz CT molecular complexity index is 1470. The molecule has 2 aromatic carbocycles. The molecule has 0 unspecified atom stereocenters. The Morgan fingerprint density at radius 3 is 2.63 bits per heavy atom. The molecule has 2 aromatic heterocycles. The van der Waals surface area contributed by atoms with Crippen LogP contribution in [-0.2, 0) is 12.0 Å². The topological polar surface area (TPSA) is 27.4 Å². The molecule has 1 aliphatic heterocycles. The summed E-state index contributed by atoms with van der Waals surface area (Å²) in [5.74, 6) is 0. The molecular weight excluding hydrogens is 505 g/mol. The van der Waals surface area contributed by atoms with Gasteiger partial charge < -0.3 is 10.0 Å². The van der Waals surface area contributed by atoms with Crippen LogP contribution in [0.5, 0.6) is 0 Å². The highest BCUT2D eigenvalue weighted by Crippen LogP contribution is 2.49. The van der Waals surface area contributed by atoms with E-state index in [0.717, 1.165) is 32.4 Å². The molecule has 5 heteroatoms. The number of nitrogens with zero attached hydrogens (tertiary/aromatic N) is 2. The summed E-state index contributed by atoms with van der Waals surface area (Å²) in [6.07, 6.45) is 14.0. The van der Waals surface area contributed by atoms with Gasteiger partial charge in [-0.2, -0.15) is 4.57 Å². The van der Waals surface area contributed by atoms with Gasteiger partial charge in [0.05, 0.1) is 0 Å². The Hall–Kier alpha value is -2.99. The molecule has 0 spiro atoms. The van der Waals surface area contributed by atoms with E-state index in [1.807, 2.05) is 11.3 Å². The third-order valence-corrected chi connectivity index (χ3v) is 9.46. The number of anilines is 1. The summed E-state index contributed by atoms with van der Waals surface area (Å²) in [6, 6.07) is 19.9. The molecule has 0 saturated heterocycles. The summed E-state index contributed by atoms with van der Waals surface area (Å²) in [7, 11) is 0. The molecule has 1 N–H and O–H groups in total. The monoisotopic (exact) mass is 541 g/mol. The van der Waals surface area contributed by atoms with Crippen molar-refractivity contribution >= 4 is 44.7 Å². The summed E-state index contributed by atoms with van der Waals surface area (Å²) in [5, 5.41) is 12.7. The van der Waals surface area contributed by atoms with Gasteiger partial charge in [0, 0.05) is 47.0 Å². The maximum absolute atomic E-state index is 9.25. The number of para-hydroxylation sites is 1. The maximum atomic E-state index is 9.25. The summed E-state index contributed by atoms with van der Waals surface area (Å²) in [4.78, 5) is 3.81. The van der Waals surface area contributed by atoms with Crippen molar-refractivity contribution in [1.29, 1.82) is 0 Å². The van der Waals surface area contributed by atoms with Gasteiger partial charge in [-0.05, 0) is 73.0 Å². The van der Waals surface area contributed by atoms with E-state index in [2.05, 4.69) is 121 Å². The summed E-state index contributed by atoms with van der Waals surface area (Å²) in [6.45, 7) is 9.08. The van der Waals surface area contributed by atoms with E-state index < -0.39 is 0 Å². The van der Waals surface area contributed by atoms with E-state index in [4.69, 9.17) is 0 Å². The summed E-state index contributed by atoms with van der Waals surface area (Å²) in [5.41, 5.74) is 6.52. The van der Waals surface area contributed by atoms with Crippen LogP contribution in [-0.4, -0.2) is 18.3 Å². The second-order valence-corrected chi connectivity index (χ2v) is 12.2. The van der Waals surface area contributed by atoms with Gasteiger partial charge in [0.2, 0.25) is 5.52 Å². The van der Waals surface area contributed by atoms with Gasteiger partial charge in [0.1, 0.15) is 11.2 Å². The first-order valence-electron chi connectivity index (χ1n) is 13.6. The normalized spacial score (nSPS) is 16.0. The number of thiazole rings is 1. The summed E-state index contributed by atoms with van der Waals surface area (Å²) >= 11 is 3.63. The zero-order chi connectivity index (χ0) is 26.5. The first-order valence-corrected chi connectivity index (χ1v) is 15.3. The number of fused-ring (bicyclic) bond motifs is 2. The zero-order valence-electron chi connectivity index (χ0n) is 22.6. The van der Waals surface area contributed by atoms with Gasteiger partial charge in [-0.1, -0.05) is 67.7 Å². The Kier molecular flexibility index (Phi) is 8.27. The molecule has 5 rings (SSSR count). The van der Waals surface area contributed by atoms with E-state index in [1.54, 1.807) is 11.3 Å². The molecule has 196 valence electrons. The molecule has 38 heavy (non-hydrogen) atoms. The average molecular weight is 542 g/mol. The number of allylic oxidation sites excluding steroid dienone is 5. The van der Waals surface area contributed by atoms with Crippen LogP contribution in [0, 0.1) is 0 Å². The van der Waals surface area contributed by atoms with Crippen molar-refractivity contribution in [3.63, 3.8) is 0 Å². The Balaban J connectivity index is 1.42. The number of aromatic nitrogens is 1. The lowest BCUT2D eigenvalue weighted by Crippen LogP contribution is -2.33. The Morgan fingerprint density at radius 1 is 0.974 bits per heavy atom. The Labute approximate surface area is 234 Å². The second kappa shape index (κ2) is 11.8. The van der Waals surface area contributed by atoms with Crippen LogP contribution in [0.15, 0.2) is 90.0 Å². The van der Waals surface area contributed by atoms with Gasteiger partial charge >= 0.3 is 0 Å². The van der Waals surface area contributed by atoms with Crippen molar-refractivity contribution in [1.82, 2.24) is 0 Å². The van der Waals surface area contributed by atoms with Gasteiger partial charge in [0.15, 0.2) is 0 Å². The number of hydrogen-bond donors (Lipinski definition) is 1. The summed E-state index contributed by atoms with van der Waals surface area (Å²) < 4.78 is 3.70. The smallest absolute Gasteiger partial charge is 0.262 e. The molecule has 0 bridgehead atoms. The van der Waals surface area contributed by atoms with Crippen LogP contribution in [0.2, 0.25) is 0 Å². The first kappa shape index (κ1) is 26.6. The quantitative estimate of drug-likeness (QED) is 0.124. The van der Waals surface area contributed by atoms with Gasteiger partial charge in [-0.15, -0.1) is 11.3 Å². The van der Waals surface area contributed by atoms with Gasteiger partial charge in [0.25, 0.3) is 5.01 Å². The second-order valence-electron chi connectivity index (χ2n) is 10.2. The highest BCUT2D eigenvalue weighted by Gasteiger charge is 2.39. The predicted octanol–water partition coefficient (Wildman–Crippen LogP) is 8.35. The fourth-order valence-electron chi connectivity index (χ4n) is 5.42. The number of aryl methyl sites for hydroxylation is 1. The average Bonchev–Trinajstić information content (AvgIpc) is 3.63. The van der Waals surface area contributed by atoms with Crippen LogP contribution in [0.3, 0.4) is 0 Å². The molecular formula is C33H37N2OS2+. The van der Waals surface area contributed by atoms with Crippen LogP contribution >= 0.6 is 22.7 Å². The highest BCUT2D eigenvalue weighted by atomic mass is 32.1. The number of hydrogen-bond acceptors (Lipinski definition) is 4. The molecule has 0 amide bonds. The van der Waals surface area contributed by atoms with E-state index in [1.165, 1.54) is 42.6 Å². The minimum Gasteiger partial charge on any atom is -0.396 e. The zero-order valence-corrected chi connectivity index (χ0v) is 24.2. The molecule has 0 aliphatic carbocycles. The molecule has 0 saturated carbocycles. The third kappa shape index (κ3) is 5.28. The van der Waals surface area contributed by atoms with Crippen LogP contribution in [0.4, 0.5) is 5.69 Å². The molecule has 0 fully saturated rings. The van der Waals surface area contributed by atoms with E-state index in [-0.39, 0.29) is 12.0 Å². The molecule has 3 heterocycles. The molecule has 3 nitrogen and oxygen atoms in total. The van der Waals surface area contributed by atoms with Crippen molar-refractivity contribution < 1.29 is 9.67 Å². The minimum absolute atomic E-state index is 0.0929. The minimum atomic E-state index is -0.0929. The molecule has 0 radical (unpaired) electrons. The highest BCUT2D eigenvalue weighted by molar-refractivity contribution is 7.18. The molecule has 4 aromatic rings. The van der Waals surface area contributed by atoms with E-state index in [9.17, 15) is 5.11 Å². The van der Waals surface area contributed by atoms with Gasteiger partial charge in [-0.3, -0.25) is 0 Å². The molecule has 0 atom stereocenters. The van der Waals surface area contributed by atoms with Gasteiger partial charge in [-0.25, -0.2) is 0 Å². The predicted molar refractivity (Wildman–Crippen MR) is 165 cm³/mol. The fourth-order valence-corrected chi connectivity index (χ4v) is 7.29. The van der Waals surface area contributed by atoms with Crippen molar-refractivity contribution in [2.45, 2.75) is 52.0 Å². The van der Waals surface area contributed by atoms with Crippen molar-refractivity contribution in [2.75, 3.05) is 18.1 Å². The maximum Gasteiger partial charge on any atom is 0.262 e. The first-order chi connectivity index (χ1) is 18.5. The lowest BCUT2D eigenvalue weighted by Gasteiger charge is -2.27. The number of benzene rings is 2. The van der Waals surface area contributed by atoms with E-state index in [0.29, 0.717) is 0 Å². The SMILES string of the molecule is CC[n+]1c(/C=C/C=C/C=C2/N(CCCCCO)c3ccc(-c4cccs4)cc3C2(C)C)sc2ccccc21. The van der Waals surface area contributed by atoms with Crippen LogP contribution < -0.4 is 9.47 Å². The van der Waals surface area contributed by atoms with Crippen molar-refractivity contribution in [3.8, 4) is 10.4 Å². The number of unbranched alkanes of at least 4 members (excludes halogenated alkanes) is 2. The van der Waals surface area contributed by atoms with Crippen molar-refractivity contribution in [2.24, 2.45) is 0 Å². The lowest BCUT2D eigenvalue weighted by atomic mass is 9.83. The number of aliphatic hydroxyl groups excluding tert-OH is 1. The standard InChI is InChI=1S/C33H37N2OS2/c1-4-34-28-14-9-10-15-30(28)38-32(34)18-8-5-7-17-31-33(2,3)26-24-25(29-16-13-23-37-29)19-20-27(26)35(31)21-11-6-12-22-36/h5,7-10,13-20,23-24,36H,4,6,11-12,21-22H2,1-3H3/q+1. The number of thiophene rings is 1. The van der Waals surface area contributed by atoms with Crippen molar-refractivity contribution in [3.05, 3.63) is 101 Å². The molecule has 1 aliphatic rings. The Morgan fingerprint density at radius 2 is 1.84 bits per heavy atom. The van der Waals surface area contributed by atoms with Crippen LogP contribution in [0.25, 0.3) is 26.7 Å². The number of aliphatic hydroxyl groups is 1. The largest absolute Gasteiger partial charge is 0.396 e. The van der Waals surface area contributed by atoms with E-state index >= 15 is 0 Å². The number of rotatable bonds is 10. The van der Waals surface area contributed by atoms with Crippen LogP contribution in [0.1, 0.15) is 50.6 Å². The fraction of sp³-hybridized carbons (Fsp3) is 0.303.